The molecule has 0 aromatic carbocycles. The topological polar surface area (TPSA) is 45.2 Å². The summed E-state index contributed by atoms with van der Waals surface area (Å²) in [5.41, 5.74) is 1.15. The van der Waals surface area contributed by atoms with Gasteiger partial charge < -0.3 is 10.2 Å². The second kappa shape index (κ2) is 9.94. The van der Waals surface area contributed by atoms with E-state index in [0.717, 1.165) is 43.2 Å². The van der Waals surface area contributed by atoms with Crippen molar-refractivity contribution in [2.75, 3.05) is 18.0 Å². The molecule has 1 aromatic rings. The maximum atomic E-state index is 12.6. The fraction of sp³-hybridized carbons (Fsp3) is 0.727. The van der Waals surface area contributed by atoms with Gasteiger partial charge in [-0.2, -0.15) is 0 Å². The summed E-state index contributed by atoms with van der Waals surface area (Å²) in [6, 6.07) is 4.09. The summed E-state index contributed by atoms with van der Waals surface area (Å²) in [6.07, 6.45) is 14.2. The van der Waals surface area contributed by atoms with Gasteiger partial charge in [0.2, 0.25) is 5.91 Å². The number of pyridine rings is 1. The molecule has 4 nitrogen and oxygen atoms in total. The van der Waals surface area contributed by atoms with Gasteiger partial charge >= 0.3 is 0 Å². The predicted octanol–water partition coefficient (Wildman–Crippen LogP) is 4.68. The highest BCUT2D eigenvalue weighted by Crippen LogP contribution is 2.32. The Bertz CT molecular complexity index is 560. The quantitative estimate of drug-likeness (QED) is 0.770. The molecule has 26 heavy (non-hydrogen) atoms. The van der Waals surface area contributed by atoms with E-state index < -0.39 is 0 Å². The smallest absolute Gasteiger partial charge is 0.223 e. The second-order valence-corrected chi connectivity index (χ2v) is 8.11. The van der Waals surface area contributed by atoms with Crippen molar-refractivity contribution >= 4 is 11.7 Å². The maximum Gasteiger partial charge on any atom is 0.223 e. The van der Waals surface area contributed by atoms with E-state index in [9.17, 15) is 4.79 Å². The molecule has 2 fully saturated rings. The number of anilines is 1. The molecule has 1 aliphatic heterocycles. The lowest BCUT2D eigenvalue weighted by atomic mass is 9.79. The van der Waals surface area contributed by atoms with Gasteiger partial charge in [0, 0.05) is 37.3 Å². The Morgan fingerprint density at radius 3 is 2.69 bits per heavy atom. The largest absolute Gasteiger partial charge is 0.356 e. The lowest BCUT2D eigenvalue weighted by Crippen LogP contribution is -2.35. The zero-order chi connectivity index (χ0) is 18.2. The number of carbonyl (C=O) groups is 1. The van der Waals surface area contributed by atoms with E-state index in [2.05, 4.69) is 28.2 Å². The summed E-state index contributed by atoms with van der Waals surface area (Å²) in [5.74, 6) is 2.37. The molecular formula is C22H35N3O. The van der Waals surface area contributed by atoms with Crippen LogP contribution in [-0.4, -0.2) is 24.0 Å². The number of amides is 1. The molecule has 4 heteroatoms. The van der Waals surface area contributed by atoms with E-state index >= 15 is 0 Å². The van der Waals surface area contributed by atoms with Crippen LogP contribution in [0, 0.1) is 11.8 Å². The van der Waals surface area contributed by atoms with Crippen LogP contribution >= 0.6 is 0 Å². The predicted molar refractivity (Wildman–Crippen MR) is 107 cm³/mol. The van der Waals surface area contributed by atoms with Gasteiger partial charge in [-0.25, -0.2) is 4.98 Å². The molecule has 1 N–H and O–H groups in total. The first-order valence-corrected chi connectivity index (χ1v) is 10.7. The Morgan fingerprint density at radius 2 is 1.96 bits per heavy atom. The van der Waals surface area contributed by atoms with Gasteiger partial charge in [-0.3, -0.25) is 4.79 Å². The number of nitrogens with one attached hydrogen (secondary N) is 1. The number of carbonyl (C=O) groups excluding carboxylic acids is 1. The zero-order valence-corrected chi connectivity index (χ0v) is 16.4. The molecule has 0 unspecified atom stereocenters. The maximum absolute atomic E-state index is 12.6. The van der Waals surface area contributed by atoms with E-state index in [4.69, 9.17) is 0 Å². The standard InChI is InChI=1S/C22H35N3O/c1-2-3-8-18-10-12-19(13-11-18)22(26)24-17-20-9-7-14-23-21(20)25-15-5-4-6-16-25/h7,9,14,18-19H,2-6,8,10-13,15-17H2,1H3,(H,24,26). The second-order valence-electron chi connectivity index (χ2n) is 8.11. The first-order chi connectivity index (χ1) is 12.8. The van der Waals surface area contributed by atoms with Crippen LogP contribution in [0.4, 0.5) is 5.82 Å². The molecule has 1 saturated carbocycles. The Balaban J connectivity index is 1.49. The molecule has 1 aliphatic carbocycles. The van der Waals surface area contributed by atoms with Crippen LogP contribution in [0.15, 0.2) is 18.3 Å². The fourth-order valence-electron chi connectivity index (χ4n) is 4.49. The summed E-state index contributed by atoms with van der Waals surface area (Å²) in [4.78, 5) is 19.6. The number of aromatic nitrogens is 1. The summed E-state index contributed by atoms with van der Waals surface area (Å²) >= 11 is 0. The first kappa shape index (κ1) is 19.2. The summed E-state index contributed by atoms with van der Waals surface area (Å²) in [7, 11) is 0. The molecule has 0 bridgehead atoms. The Labute approximate surface area is 158 Å². The molecule has 2 aliphatic rings. The first-order valence-electron chi connectivity index (χ1n) is 10.7. The minimum absolute atomic E-state index is 0.211. The molecule has 144 valence electrons. The van der Waals surface area contributed by atoms with Crippen LogP contribution in [0.5, 0.6) is 0 Å². The van der Waals surface area contributed by atoms with Gasteiger partial charge in [-0.15, -0.1) is 0 Å². The number of hydrogen-bond donors (Lipinski definition) is 1. The van der Waals surface area contributed by atoms with E-state index in [1.165, 1.54) is 51.4 Å². The SMILES string of the molecule is CCCCC1CCC(C(=O)NCc2cccnc2N2CCCCC2)CC1. The highest BCUT2D eigenvalue weighted by atomic mass is 16.1. The summed E-state index contributed by atoms with van der Waals surface area (Å²) in [5, 5.41) is 3.20. The van der Waals surface area contributed by atoms with Crippen molar-refractivity contribution in [2.45, 2.75) is 77.7 Å². The lowest BCUT2D eigenvalue weighted by molar-refractivity contribution is -0.126. The Hall–Kier alpha value is -1.58. The minimum atomic E-state index is 0.211. The molecular weight excluding hydrogens is 322 g/mol. The Kier molecular flexibility index (Phi) is 7.33. The van der Waals surface area contributed by atoms with E-state index in [-0.39, 0.29) is 11.8 Å². The van der Waals surface area contributed by atoms with Gasteiger partial charge in [0.1, 0.15) is 5.82 Å². The van der Waals surface area contributed by atoms with Crippen molar-refractivity contribution in [3.63, 3.8) is 0 Å². The average Bonchev–Trinajstić information content (AvgIpc) is 2.71. The van der Waals surface area contributed by atoms with E-state index in [1.807, 2.05) is 12.3 Å². The molecule has 3 rings (SSSR count). The number of piperidine rings is 1. The van der Waals surface area contributed by atoms with E-state index in [1.54, 1.807) is 0 Å². The van der Waals surface area contributed by atoms with Crippen molar-refractivity contribution in [3.05, 3.63) is 23.9 Å². The summed E-state index contributed by atoms with van der Waals surface area (Å²) < 4.78 is 0. The van der Waals surface area contributed by atoms with Gasteiger partial charge in [0.25, 0.3) is 0 Å². The lowest BCUT2D eigenvalue weighted by Gasteiger charge is -2.30. The van der Waals surface area contributed by atoms with Crippen LogP contribution < -0.4 is 10.2 Å². The highest BCUT2D eigenvalue weighted by molar-refractivity contribution is 5.78. The van der Waals surface area contributed by atoms with E-state index in [0.29, 0.717) is 6.54 Å². The third-order valence-corrected chi connectivity index (χ3v) is 6.16. The Morgan fingerprint density at radius 1 is 1.19 bits per heavy atom. The molecule has 1 amide bonds. The van der Waals surface area contributed by atoms with Crippen molar-refractivity contribution in [1.82, 2.24) is 10.3 Å². The van der Waals surface area contributed by atoms with Crippen molar-refractivity contribution in [1.29, 1.82) is 0 Å². The monoisotopic (exact) mass is 357 g/mol. The van der Waals surface area contributed by atoms with Gasteiger partial charge in [-0.05, 0) is 56.9 Å². The molecule has 0 atom stereocenters. The van der Waals surface area contributed by atoms with Gasteiger partial charge in [0.05, 0.1) is 0 Å². The van der Waals surface area contributed by atoms with Crippen LogP contribution in [0.2, 0.25) is 0 Å². The third kappa shape index (κ3) is 5.21. The van der Waals surface area contributed by atoms with Crippen LogP contribution in [-0.2, 0) is 11.3 Å². The van der Waals surface area contributed by atoms with Crippen molar-refractivity contribution < 1.29 is 4.79 Å². The fourth-order valence-corrected chi connectivity index (χ4v) is 4.49. The number of hydrogen-bond acceptors (Lipinski definition) is 3. The average molecular weight is 358 g/mol. The zero-order valence-electron chi connectivity index (χ0n) is 16.4. The van der Waals surface area contributed by atoms with Gasteiger partial charge in [0.15, 0.2) is 0 Å². The van der Waals surface area contributed by atoms with Crippen LogP contribution in [0.3, 0.4) is 0 Å². The van der Waals surface area contributed by atoms with Crippen molar-refractivity contribution in [2.24, 2.45) is 11.8 Å². The molecule has 2 heterocycles. The molecule has 1 saturated heterocycles. The number of rotatable bonds is 7. The van der Waals surface area contributed by atoms with Crippen LogP contribution in [0.1, 0.15) is 76.7 Å². The molecule has 0 spiro atoms. The molecule has 1 aromatic heterocycles. The third-order valence-electron chi connectivity index (χ3n) is 6.16. The minimum Gasteiger partial charge on any atom is -0.356 e. The highest BCUT2D eigenvalue weighted by Gasteiger charge is 2.26. The number of nitrogens with zero attached hydrogens (tertiary/aromatic N) is 2. The number of unbranched alkanes of at least 4 members (excludes halogenated alkanes) is 1. The van der Waals surface area contributed by atoms with Crippen LogP contribution in [0.25, 0.3) is 0 Å². The molecule has 0 radical (unpaired) electrons. The normalized spacial score (nSPS) is 23.7. The van der Waals surface area contributed by atoms with Gasteiger partial charge in [-0.1, -0.05) is 32.3 Å². The summed E-state index contributed by atoms with van der Waals surface area (Å²) in [6.45, 7) is 5.03. The van der Waals surface area contributed by atoms with Crippen molar-refractivity contribution in [3.8, 4) is 0 Å².